The minimum atomic E-state index is -2.14. The molecule has 0 heterocycles. The SMILES string of the molecule is CCCCCCCC/C=C\CCCCCCCC(=O)OC(=O)C(O)C(O)C(=O)OC.[NaH]. The third kappa shape index (κ3) is 18.5. The Hall–Kier alpha value is -0.730. The number of carbonyl (C=O) groups excluding carboxylic acids is 3. The van der Waals surface area contributed by atoms with Crippen LogP contribution in [0.3, 0.4) is 0 Å². The van der Waals surface area contributed by atoms with Crippen LogP contribution in [0.4, 0.5) is 0 Å². The molecule has 0 rings (SSSR count). The van der Waals surface area contributed by atoms with E-state index in [1.54, 1.807) is 0 Å². The molecule has 8 heteroatoms. The van der Waals surface area contributed by atoms with Crippen molar-refractivity contribution in [2.24, 2.45) is 0 Å². The number of hydrogen-bond donors (Lipinski definition) is 2. The summed E-state index contributed by atoms with van der Waals surface area (Å²) in [6.45, 7) is 2.23. The fourth-order valence-corrected chi connectivity index (χ4v) is 2.94. The van der Waals surface area contributed by atoms with Crippen LogP contribution < -0.4 is 0 Å². The van der Waals surface area contributed by atoms with Gasteiger partial charge >= 0.3 is 47.5 Å². The van der Waals surface area contributed by atoms with Crippen LogP contribution in [0.1, 0.15) is 96.8 Å². The Balaban J connectivity index is 0. The standard InChI is InChI=1S/C23H40O7.Na.H/c1-3-4-5-6-7-8-9-10-11-12-13-14-15-16-17-18-19(24)30-23(28)21(26)20(25)22(27)29-2;;/h10-11,20-21,25-26H,3-9,12-18H2,1-2H3;;/b11-10-;;. The van der Waals surface area contributed by atoms with Crippen molar-refractivity contribution in [1.82, 2.24) is 0 Å². The van der Waals surface area contributed by atoms with E-state index in [4.69, 9.17) is 0 Å². The number of unbranched alkanes of at least 4 members (excludes halogenated alkanes) is 11. The number of allylic oxidation sites excluding steroid dienone is 2. The van der Waals surface area contributed by atoms with Crippen LogP contribution in [0.15, 0.2) is 12.2 Å². The van der Waals surface area contributed by atoms with Crippen LogP contribution in [0.25, 0.3) is 0 Å². The monoisotopic (exact) mass is 452 g/mol. The fourth-order valence-electron chi connectivity index (χ4n) is 2.94. The van der Waals surface area contributed by atoms with Gasteiger partial charge in [-0.05, 0) is 32.1 Å². The van der Waals surface area contributed by atoms with E-state index < -0.39 is 30.1 Å². The molecule has 0 aliphatic carbocycles. The zero-order valence-electron chi connectivity index (χ0n) is 18.6. The molecule has 7 nitrogen and oxygen atoms in total. The zero-order chi connectivity index (χ0) is 22.6. The Morgan fingerprint density at radius 1 is 0.742 bits per heavy atom. The van der Waals surface area contributed by atoms with E-state index in [-0.39, 0.29) is 36.0 Å². The molecule has 0 aliphatic heterocycles. The van der Waals surface area contributed by atoms with Crippen LogP contribution in [-0.4, -0.2) is 77.0 Å². The van der Waals surface area contributed by atoms with Gasteiger partial charge in [-0.1, -0.05) is 70.4 Å². The number of rotatable bonds is 18. The molecule has 0 bridgehead atoms. The molecule has 2 N–H and O–H groups in total. The third-order valence-corrected chi connectivity index (χ3v) is 4.84. The second-order valence-electron chi connectivity index (χ2n) is 7.54. The molecule has 0 aromatic heterocycles. The van der Waals surface area contributed by atoms with Crippen molar-refractivity contribution in [1.29, 1.82) is 0 Å². The molecule has 0 aliphatic rings. The van der Waals surface area contributed by atoms with Crippen LogP contribution in [0.5, 0.6) is 0 Å². The van der Waals surface area contributed by atoms with E-state index >= 15 is 0 Å². The Morgan fingerprint density at radius 3 is 1.71 bits per heavy atom. The van der Waals surface area contributed by atoms with Crippen LogP contribution in [-0.2, 0) is 23.9 Å². The van der Waals surface area contributed by atoms with Gasteiger partial charge in [0.05, 0.1) is 7.11 Å². The Morgan fingerprint density at radius 2 is 1.19 bits per heavy atom. The average Bonchev–Trinajstić information content (AvgIpc) is 2.74. The van der Waals surface area contributed by atoms with Crippen molar-refractivity contribution in [3.05, 3.63) is 12.2 Å². The van der Waals surface area contributed by atoms with Crippen molar-refractivity contribution < 1.29 is 34.1 Å². The first-order chi connectivity index (χ1) is 14.4. The Labute approximate surface area is 209 Å². The van der Waals surface area contributed by atoms with Crippen molar-refractivity contribution in [3.63, 3.8) is 0 Å². The van der Waals surface area contributed by atoms with Crippen molar-refractivity contribution in [2.45, 2.75) is 109 Å². The van der Waals surface area contributed by atoms with E-state index in [9.17, 15) is 24.6 Å². The van der Waals surface area contributed by atoms with Crippen LogP contribution >= 0.6 is 0 Å². The van der Waals surface area contributed by atoms with Gasteiger partial charge in [0.1, 0.15) is 0 Å². The molecular formula is C23H41NaO7. The van der Waals surface area contributed by atoms with Gasteiger partial charge in [0.25, 0.3) is 0 Å². The van der Waals surface area contributed by atoms with Crippen molar-refractivity contribution in [3.8, 4) is 0 Å². The molecule has 0 saturated heterocycles. The first kappa shape index (κ1) is 32.4. The maximum absolute atomic E-state index is 11.6. The van der Waals surface area contributed by atoms with Crippen molar-refractivity contribution >= 4 is 47.5 Å². The number of esters is 3. The summed E-state index contributed by atoms with van der Waals surface area (Å²) in [6.07, 6.45) is 15.2. The summed E-state index contributed by atoms with van der Waals surface area (Å²) in [5.41, 5.74) is 0. The van der Waals surface area contributed by atoms with E-state index in [1.165, 1.54) is 38.5 Å². The maximum atomic E-state index is 11.6. The molecule has 0 saturated carbocycles. The van der Waals surface area contributed by atoms with Crippen LogP contribution in [0, 0.1) is 0 Å². The molecule has 0 fully saturated rings. The van der Waals surface area contributed by atoms with Crippen molar-refractivity contribution in [2.75, 3.05) is 7.11 Å². The molecular weight excluding hydrogens is 411 g/mol. The predicted octanol–water partition coefficient (Wildman–Crippen LogP) is 3.34. The minimum absolute atomic E-state index is 0. The zero-order valence-corrected chi connectivity index (χ0v) is 18.6. The number of ether oxygens (including phenoxy) is 2. The second kappa shape index (κ2) is 22.5. The molecule has 176 valence electrons. The quantitative estimate of drug-likeness (QED) is 0.108. The molecule has 31 heavy (non-hydrogen) atoms. The van der Waals surface area contributed by atoms with Gasteiger partial charge in [-0.15, -0.1) is 0 Å². The molecule has 0 spiro atoms. The second-order valence-corrected chi connectivity index (χ2v) is 7.54. The van der Waals surface area contributed by atoms with E-state index in [0.29, 0.717) is 6.42 Å². The predicted molar refractivity (Wildman–Crippen MR) is 122 cm³/mol. The fraction of sp³-hybridized carbons (Fsp3) is 0.783. The van der Waals surface area contributed by atoms with Gasteiger partial charge in [-0.2, -0.15) is 0 Å². The number of hydrogen-bond acceptors (Lipinski definition) is 7. The van der Waals surface area contributed by atoms with E-state index in [2.05, 4.69) is 28.5 Å². The first-order valence-electron chi connectivity index (χ1n) is 11.3. The van der Waals surface area contributed by atoms with Gasteiger partial charge in [0.2, 0.25) is 0 Å². The van der Waals surface area contributed by atoms with Gasteiger partial charge in [0, 0.05) is 6.42 Å². The van der Waals surface area contributed by atoms with Crippen LogP contribution in [0.2, 0.25) is 0 Å². The first-order valence-corrected chi connectivity index (χ1v) is 11.3. The summed E-state index contributed by atoms with van der Waals surface area (Å²) < 4.78 is 8.65. The molecule has 0 radical (unpaired) electrons. The molecule has 2 unspecified atom stereocenters. The topological polar surface area (TPSA) is 110 Å². The Bertz CT molecular complexity index is 508. The average molecular weight is 453 g/mol. The van der Waals surface area contributed by atoms with Gasteiger partial charge < -0.3 is 19.7 Å². The van der Waals surface area contributed by atoms with Gasteiger partial charge in [-0.3, -0.25) is 4.79 Å². The third-order valence-electron chi connectivity index (χ3n) is 4.84. The number of aliphatic hydroxyl groups excluding tert-OH is 2. The molecule has 2 atom stereocenters. The van der Waals surface area contributed by atoms with E-state index in [1.807, 2.05) is 0 Å². The summed E-state index contributed by atoms with van der Waals surface area (Å²) in [5.74, 6) is -3.32. The summed E-state index contributed by atoms with van der Waals surface area (Å²) in [4.78, 5) is 34.1. The number of methoxy groups -OCH3 is 1. The summed E-state index contributed by atoms with van der Waals surface area (Å²) in [6, 6.07) is 0. The summed E-state index contributed by atoms with van der Waals surface area (Å²) in [5, 5.41) is 18.8. The van der Waals surface area contributed by atoms with E-state index in [0.717, 1.165) is 45.6 Å². The normalized spacial score (nSPS) is 12.8. The number of aliphatic hydroxyl groups is 2. The summed E-state index contributed by atoms with van der Waals surface area (Å²) >= 11 is 0. The molecule has 0 aromatic carbocycles. The molecule has 0 aromatic rings. The Kier molecular flexibility index (Phi) is 23.5. The summed E-state index contributed by atoms with van der Waals surface area (Å²) in [7, 11) is 1.00. The van der Waals surface area contributed by atoms with Gasteiger partial charge in [-0.25, -0.2) is 9.59 Å². The van der Waals surface area contributed by atoms with Gasteiger partial charge in [0.15, 0.2) is 12.2 Å². The molecule has 0 amide bonds. The number of carbonyl (C=O) groups is 3.